The Morgan fingerprint density at radius 2 is 2.20 bits per heavy atom. The molecule has 0 spiro atoms. The first-order valence-corrected chi connectivity index (χ1v) is 8.47. The molecule has 1 fully saturated rings. The molecule has 4 heteroatoms. The molecular weight excluding hydrogens is 268 g/mol. The molecule has 1 aromatic carbocycles. The third-order valence-corrected chi connectivity index (χ3v) is 4.68. The number of benzene rings is 1. The first kappa shape index (κ1) is 15.4. The van der Waals surface area contributed by atoms with Crippen LogP contribution in [0.25, 0.3) is 0 Å². The molecule has 2 atom stereocenters. The van der Waals surface area contributed by atoms with Gasteiger partial charge in [0.2, 0.25) is 0 Å². The van der Waals surface area contributed by atoms with Gasteiger partial charge in [0.1, 0.15) is 0 Å². The summed E-state index contributed by atoms with van der Waals surface area (Å²) in [5.41, 5.74) is 2.39. The lowest BCUT2D eigenvalue weighted by atomic mass is 10.1. The first-order valence-electron chi connectivity index (χ1n) is 7.18. The van der Waals surface area contributed by atoms with Gasteiger partial charge in [0.15, 0.2) is 0 Å². The van der Waals surface area contributed by atoms with Crippen LogP contribution in [0.4, 0.5) is 0 Å². The van der Waals surface area contributed by atoms with Gasteiger partial charge in [0.05, 0.1) is 18.4 Å². The van der Waals surface area contributed by atoms with Crippen LogP contribution in [0.2, 0.25) is 0 Å². The lowest BCUT2D eigenvalue weighted by Gasteiger charge is -2.24. The smallest absolute Gasteiger partial charge is 0.0804 e. The molecule has 0 radical (unpaired) electrons. The molecule has 3 nitrogen and oxygen atoms in total. The molecule has 1 aromatic rings. The monoisotopic (exact) mass is 292 g/mol. The van der Waals surface area contributed by atoms with Crippen LogP contribution in [0.3, 0.4) is 0 Å². The topological polar surface area (TPSA) is 24.8 Å². The predicted octanol–water partition coefficient (Wildman–Crippen LogP) is 3.25. The summed E-state index contributed by atoms with van der Waals surface area (Å²) in [4.78, 5) is 0. The largest absolute Gasteiger partial charge is 0.382 e. The molecule has 110 valence electrons. The second-order valence-corrected chi connectivity index (χ2v) is 6.32. The molecule has 0 aliphatic carbocycles. The standard InChI is InChI=1S/C16H24N2OS/c1-13(20-3)16(14-8-5-4-6-9-14)17-18-11-7-10-15(18)12-19-2/h4-6,8-9,13,15H,7,10-12H2,1-3H3/b17-16-/t13-,15+/m1/s1. The van der Waals surface area contributed by atoms with E-state index in [9.17, 15) is 0 Å². The quantitative estimate of drug-likeness (QED) is 0.752. The highest BCUT2D eigenvalue weighted by Gasteiger charge is 2.24. The lowest BCUT2D eigenvalue weighted by molar-refractivity contribution is 0.118. The maximum Gasteiger partial charge on any atom is 0.0804 e. The third kappa shape index (κ3) is 3.76. The van der Waals surface area contributed by atoms with Gasteiger partial charge in [-0.3, -0.25) is 5.01 Å². The zero-order valence-corrected chi connectivity index (χ0v) is 13.4. The highest BCUT2D eigenvalue weighted by Crippen LogP contribution is 2.21. The van der Waals surface area contributed by atoms with Crippen LogP contribution < -0.4 is 0 Å². The van der Waals surface area contributed by atoms with Crippen molar-refractivity contribution >= 4 is 17.5 Å². The van der Waals surface area contributed by atoms with Gasteiger partial charge in [0, 0.05) is 18.9 Å². The van der Waals surface area contributed by atoms with Crippen molar-refractivity contribution in [2.45, 2.75) is 31.1 Å². The van der Waals surface area contributed by atoms with Crippen LogP contribution >= 0.6 is 11.8 Å². The van der Waals surface area contributed by atoms with Gasteiger partial charge in [0.25, 0.3) is 0 Å². The molecule has 0 bridgehead atoms. The van der Waals surface area contributed by atoms with E-state index in [-0.39, 0.29) is 0 Å². The minimum atomic E-state index is 0.390. The Balaban J connectivity index is 2.24. The third-order valence-electron chi connectivity index (χ3n) is 3.75. The molecule has 1 aliphatic rings. The van der Waals surface area contributed by atoms with Gasteiger partial charge < -0.3 is 4.74 Å². The summed E-state index contributed by atoms with van der Waals surface area (Å²) in [5, 5.41) is 7.58. The number of methoxy groups -OCH3 is 1. The molecule has 1 heterocycles. The number of hydrogen-bond acceptors (Lipinski definition) is 4. The van der Waals surface area contributed by atoms with Gasteiger partial charge in [-0.25, -0.2) is 0 Å². The zero-order chi connectivity index (χ0) is 14.4. The highest BCUT2D eigenvalue weighted by molar-refractivity contribution is 7.99. The Bertz CT molecular complexity index is 435. The maximum absolute atomic E-state index is 5.31. The second kappa shape index (κ2) is 7.70. The molecule has 0 aromatic heterocycles. The minimum Gasteiger partial charge on any atom is -0.382 e. The summed E-state index contributed by atoms with van der Waals surface area (Å²) in [5.74, 6) is 0. The fourth-order valence-corrected chi connectivity index (χ4v) is 2.95. The van der Waals surface area contributed by atoms with Crippen molar-refractivity contribution in [1.82, 2.24) is 5.01 Å². The van der Waals surface area contributed by atoms with E-state index >= 15 is 0 Å². The van der Waals surface area contributed by atoms with E-state index in [0.717, 1.165) is 13.2 Å². The molecule has 0 unspecified atom stereocenters. The van der Waals surface area contributed by atoms with Crippen LogP contribution in [-0.2, 0) is 4.74 Å². The van der Waals surface area contributed by atoms with Crippen molar-refractivity contribution in [1.29, 1.82) is 0 Å². The number of rotatable bonds is 6. The molecule has 20 heavy (non-hydrogen) atoms. The Morgan fingerprint density at radius 1 is 1.45 bits per heavy atom. The number of hydrazone groups is 1. The van der Waals surface area contributed by atoms with Crippen LogP contribution in [0.15, 0.2) is 35.4 Å². The van der Waals surface area contributed by atoms with Crippen molar-refractivity contribution in [2.75, 3.05) is 26.5 Å². The van der Waals surface area contributed by atoms with Gasteiger partial charge >= 0.3 is 0 Å². The van der Waals surface area contributed by atoms with Gasteiger partial charge in [-0.1, -0.05) is 30.3 Å². The minimum absolute atomic E-state index is 0.390. The molecule has 0 N–H and O–H groups in total. The van der Waals surface area contributed by atoms with E-state index < -0.39 is 0 Å². The molecule has 0 saturated carbocycles. The first-order chi connectivity index (χ1) is 9.76. The van der Waals surface area contributed by atoms with Crippen LogP contribution in [0, 0.1) is 0 Å². The number of ether oxygens (including phenoxy) is 1. The summed E-state index contributed by atoms with van der Waals surface area (Å²) < 4.78 is 5.31. The van der Waals surface area contributed by atoms with Gasteiger partial charge in [-0.15, -0.1) is 0 Å². The number of hydrogen-bond donors (Lipinski definition) is 0. The van der Waals surface area contributed by atoms with Gasteiger partial charge in [-0.05, 0) is 31.6 Å². The molecule has 1 aliphatic heterocycles. The highest BCUT2D eigenvalue weighted by atomic mass is 32.2. The van der Waals surface area contributed by atoms with E-state index in [0.29, 0.717) is 11.3 Å². The lowest BCUT2D eigenvalue weighted by Crippen LogP contribution is -2.31. The van der Waals surface area contributed by atoms with Crippen molar-refractivity contribution in [3.05, 3.63) is 35.9 Å². The maximum atomic E-state index is 5.31. The van der Waals surface area contributed by atoms with E-state index in [1.54, 1.807) is 7.11 Å². The van der Waals surface area contributed by atoms with Crippen LogP contribution in [-0.4, -0.2) is 48.5 Å². The molecule has 1 saturated heterocycles. The average molecular weight is 292 g/mol. The van der Waals surface area contributed by atoms with E-state index in [2.05, 4.69) is 48.5 Å². The SMILES string of the molecule is COC[C@@H]1CCCN1/N=C(\c1ccccc1)[C@@H](C)SC. The summed E-state index contributed by atoms with van der Waals surface area (Å²) >= 11 is 1.84. The van der Waals surface area contributed by atoms with Crippen molar-refractivity contribution in [2.24, 2.45) is 5.10 Å². The van der Waals surface area contributed by atoms with Crippen molar-refractivity contribution in [3.8, 4) is 0 Å². The Labute approximate surface area is 126 Å². The Kier molecular flexibility index (Phi) is 5.92. The van der Waals surface area contributed by atoms with Crippen LogP contribution in [0.5, 0.6) is 0 Å². The molecular formula is C16H24N2OS. The second-order valence-electron chi connectivity index (χ2n) is 5.14. The summed E-state index contributed by atoms with van der Waals surface area (Å²) in [6.45, 7) is 4.02. The van der Waals surface area contributed by atoms with E-state index in [1.165, 1.54) is 24.1 Å². The van der Waals surface area contributed by atoms with Crippen molar-refractivity contribution in [3.63, 3.8) is 0 Å². The summed E-state index contributed by atoms with van der Waals surface area (Å²) in [7, 11) is 1.77. The van der Waals surface area contributed by atoms with E-state index in [4.69, 9.17) is 9.84 Å². The summed E-state index contributed by atoms with van der Waals surface area (Å²) in [6, 6.07) is 10.9. The zero-order valence-electron chi connectivity index (χ0n) is 12.6. The molecule has 0 amide bonds. The average Bonchev–Trinajstić information content (AvgIpc) is 2.92. The van der Waals surface area contributed by atoms with E-state index in [1.807, 2.05) is 11.8 Å². The Hall–Kier alpha value is -1.00. The van der Waals surface area contributed by atoms with Gasteiger partial charge in [-0.2, -0.15) is 16.9 Å². The molecule has 2 rings (SSSR count). The summed E-state index contributed by atoms with van der Waals surface area (Å²) in [6.07, 6.45) is 4.51. The predicted molar refractivity (Wildman–Crippen MR) is 87.6 cm³/mol. The fraction of sp³-hybridized carbons (Fsp3) is 0.562. The number of thioether (sulfide) groups is 1. The van der Waals surface area contributed by atoms with Crippen LogP contribution in [0.1, 0.15) is 25.3 Å². The Morgan fingerprint density at radius 3 is 2.85 bits per heavy atom. The number of nitrogens with zero attached hydrogens (tertiary/aromatic N) is 2. The van der Waals surface area contributed by atoms with Crippen molar-refractivity contribution < 1.29 is 4.74 Å². The fourth-order valence-electron chi connectivity index (χ4n) is 2.55. The normalized spacial score (nSPS) is 21.2.